The summed E-state index contributed by atoms with van der Waals surface area (Å²) in [5.41, 5.74) is 0. The molecule has 0 aliphatic carbocycles. The highest BCUT2D eigenvalue weighted by atomic mass is 16.2. The molecule has 0 atom stereocenters. The van der Waals surface area contributed by atoms with Crippen molar-refractivity contribution in [1.82, 2.24) is 9.80 Å². The van der Waals surface area contributed by atoms with Crippen molar-refractivity contribution in [2.45, 2.75) is 33.1 Å². The Morgan fingerprint density at radius 3 is 2.36 bits per heavy atom. The summed E-state index contributed by atoms with van der Waals surface area (Å²) in [5, 5.41) is 0. The lowest BCUT2D eigenvalue weighted by Gasteiger charge is -2.34. The van der Waals surface area contributed by atoms with Crippen LogP contribution in [0.15, 0.2) is 0 Å². The van der Waals surface area contributed by atoms with Gasteiger partial charge in [-0.25, -0.2) is 4.79 Å². The van der Waals surface area contributed by atoms with Gasteiger partial charge >= 0.3 is 6.03 Å². The summed E-state index contributed by atoms with van der Waals surface area (Å²) >= 11 is 0. The van der Waals surface area contributed by atoms with Crippen LogP contribution < -0.4 is 0 Å². The molecular formula is C11H22N2O. The van der Waals surface area contributed by atoms with E-state index >= 15 is 0 Å². The Bertz CT molecular complexity index is 186. The highest BCUT2D eigenvalue weighted by Gasteiger charge is 2.22. The number of carbonyl (C=O) groups excluding carboxylic acids is 1. The fourth-order valence-electron chi connectivity index (χ4n) is 1.91. The van der Waals surface area contributed by atoms with E-state index in [4.69, 9.17) is 0 Å². The Morgan fingerprint density at radius 2 is 1.93 bits per heavy atom. The van der Waals surface area contributed by atoms with E-state index in [0.717, 1.165) is 25.6 Å². The van der Waals surface area contributed by atoms with Crippen LogP contribution in [0.3, 0.4) is 0 Å². The van der Waals surface area contributed by atoms with Crippen LogP contribution in [0.4, 0.5) is 4.79 Å². The molecule has 0 saturated carbocycles. The number of hydrogen-bond acceptors (Lipinski definition) is 1. The molecule has 0 radical (unpaired) electrons. The normalized spacial score (nSPS) is 18.4. The molecular weight excluding hydrogens is 176 g/mol. The van der Waals surface area contributed by atoms with Crippen molar-refractivity contribution in [1.29, 1.82) is 0 Å². The molecule has 0 N–H and O–H groups in total. The largest absolute Gasteiger partial charge is 0.328 e. The molecule has 3 heteroatoms. The molecule has 0 aromatic heterocycles. The van der Waals surface area contributed by atoms with E-state index in [-0.39, 0.29) is 6.03 Å². The summed E-state index contributed by atoms with van der Waals surface area (Å²) in [6.45, 7) is 6.94. The van der Waals surface area contributed by atoms with Gasteiger partial charge < -0.3 is 9.80 Å². The zero-order valence-corrected chi connectivity index (χ0v) is 9.62. The lowest BCUT2D eigenvalue weighted by molar-refractivity contribution is 0.141. The van der Waals surface area contributed by atoms with Crippen LogP contribution in [0.5, 0.6) is 0 Å². The summed E-state index contributed by atoms with van der Waals surface area (Å²) < 4.78 is 0. The maximum absolute atomic E-state index is 11.8. The van der Waals surface area contributed by atoms with E-state index in [2.05, 4.69) is 6.92 Å². The van der Waals surface area contributed by atoms with Crippen LogP contribution in [0.25, 0.3) is 0 Å². The van der Waals surface area contributed by atoms with Crippen LogP contribution >= 0.6 is 0 Å². The van der Waals surface area contributed by atoms with E-state index in [9.17, 15) is 4.79 Å². The minimum Gasteiger partial charge on any atom is -0.328 e. The number of nitrogens with zero attached hydrogens (tertiary/aromatic N) is 2. The van der Waals surface area contributed by atoms with Crippen LogP contribution in [0, 0.1) is 5.92 Å². The first-order valence-corrected chi connectivity index (χ1v) is 5.69. The molecule has 0 aromatic carbocycles. The predicted molar refractivity (Wildman–Crippen MR) is 58.3 cm³/mol. The van der Waals surface area contributed by atoms with E-state index in [1.165, 1.54) is 19.3 Å². The van der Waals surface area contributed by atoms with Gasteiger partial charge in [0.05, 0.1) is 0 Å². The first-order valence-electron chi connectivity index (χ1n) is 5.69. The van der Waals surface area contributed by atoms with Gasteiger partial charge in [-0.2, -0.15) is 0 Å². The third-order valence-electron chi connectivity index (χ3n) is 3.26. The Hall–Kier alpha value is -0.730. The van der Waals surface area contributed by atoms with E-state index < -0.39 is 0 Å². The molecule has 1 saturated heterocycles. The van der Waals surface area contributed by atoms with Crippen molar-refractivity contribution in [3.8, 4) is 0 Å². The quantitative estimate of drug-likeness (QED) is 0.667. The van der Waals surface area contributed by atoms with Gasteiger partial charge in [-0.3, -0.25) is 0 Å². The van der Waals surface area contributed by atoms with Gasteiger partial charge in [-0.05, 0) is 25.7 Å². The molecule has 1 aliphatic heterocycles. The number of rotatable bonds is 2. The minimum atomic E-state index is 0.196. The van der Waals surface area contributed by atoms with Gasteiger partial charge in [0.1, 0.15) is 0 Å². The second-order valence-electron chi connectivity index (χ2n) is 4.14. The summed E-state index contributed by atoms with van der Waals surface area (Å²) in [6.07, 6.45) is 3.62. The lowest BCUT2D eigenvalue weighted by Crippen LogP contribution is -2.45. The highest BCUT2D eigenvalue weighted by Crippen LogP contribution is 2.20. The van der Waals surface area contributed by atoms with Gasteiger partial charge in [-0.15, -0.1) is 0 Å². The van der Waals surface area contributed by atoms with E-state index in [1.807, 2.05) is 18.9 Å². The van der Waals surface area contributed by atoms with Crippen molar-refractivity contribution in [3.63, 3.8) is 0 Å². The molecule has 1 rings (SSSR count). The molecule has 1 aliphatic rings. The maximum atomic E-state index is 11.8. The predicted octanol–water partition coefficient (Wildman–Crippen LogP) is 2.18. The first kappa shape index (κ1) is 11.3. The third-order valence-corrected chi connectivity index (χ3v) is 3.26. The SMILES string of the molecule is CCC1CCN(C(=O)N(C)CC)CC1. The van der Waals surface area contributed by atoms with Gasteiger partial charge in [0.15, 0.2) is 0 Å². The fourth-order valence-corrected chi connectivity index (χ4v) is 1.91. The zero-order chi connectivity index (χ0) is 10.6. The van der Waals surface area contributed by atoms with Crippen LogP contribution in [0.1, 0.15) is 33.1 Å². The third kappa shape index (κ3) is 2.63. The summed E-state index contributed by atoms with van der Waals surface area (Å²) in [4.78, 5) is 15.5. The molecule has 0 aromatic rings. The summed E-state index contributed by atoms with van der Waals surface area (Å²) in [7, 11) is 1.87. The molecule has 2 amide bonds. The number of amides is 2. The van der Waals surface area contributed by atoms with Crippen molar-refractivity contribution in [2.24, 2.45) is 5.92 Å². The lowest BCUT2D eigenvalue weighted by atomic mass is 9.95. The smallest absolute Gasteiger partial charge is 0.319 e. The van der Waals surface area contributed by atoms with Crippen LogP contribution in [0.2, 0.25) is 0 Å². The first-order chi connectivity index (χ1) is 6.69. The molecule has 1 heterocycles. The van der Waals surface area contributed by atoms with Crippen LogP contribution in [-0.4, -0.2) is 42.5 Å². The van der Waals surface area contributed by atoms with Crippen molar-refractivity contribution in [3.05, 3.63) is 0 Å². The molecule has 82 valence electrons. The fraction of sp³-hybridized carbons (Fsp3) is 0.909. The monoisotopic (exact) mass is 198 g/mol. The number of carbonyl (C=O) groups is 1. The van der Waals surface area contributed by atoms with Gasteiger partial charge in [0, 0.05) is 26.7 Å². The van der Waals surface area contributed by atoms with Gasteiger partial charge in [-0.1, -0.05) is 13.3 Å². The number of hydrogen-bond donors (Lipinski definition) is 0. The van der Waals surface area contributed by atoms with Gasteiger partial charge in [0.2, 0.25) is 0 Å². The average molecular weight is 198 g/mol. The Balaban J connectivity index is 2.37. The molecule has 3 nitrogen and oxygen atoms in total. The second-order valence-corrected chi connectivity index (χ2v) is 4.14. The molecule has 0 unspecified atom stereocenters. The minimum absolute atomic E-state index is 0.196. The number of likely N-dealkylation sites (tertiary alicyclic amines) is 1. The topological polar surface area (TPSA) is 23.6 Å². The van der Waals surface area contributed by atoms with E-state index in [1.54, 1.807) is 4.90 Å². The molecule has 0 bridgehead atoms. The van der Waals surface area contributed by atoms with Crippen molar-refractivity contribution in [2.75, 3.05) is 26.7 Å². The standard InChI is InChI=1S/C11H22N2O/c1-4-10-6-8-13(9-7-10)11(14)12(3)5-2/h10H,4-9H2,1-3H3. The van der Waals surface area contributed by atoms with Crippen molar-refractivity contribution >= 4 is 6.03 Å². The maximum Gasteiger partial charge on any atom is 0.319 e. The summed E-state index contributed by atoms with van der Waals surface area (Å²) in [6, 6.07) is 0.196. The Kier molecular flexibility index (Phi) is 4.23. The summed E-state index contributed by atoms with van der Waals surface area (Å²) in [5.74, 6) is 0.839. The number of piperidine rings is 1. The molecule has 1 fully saturated rings. The number of urea groups is 1. The Morgan fingerprint density at radius 1 is 1.36 bits per heavy atom. The van der Waals surface area contributed by atoms with Gasteiger partial charge in [0.25, 0.3) is 0 Å². The Labute approximate surface area is 87.1 Å². The second kappa shape index (κ2) is 5.23. The van der Waals surface area contributed by atoms with Crippen LogP contribution in [-0.2, 0) is 0 Å². The highest BCUT2D eigenvalue weighted by molar-refractivity contribution is 5.74. The van der Waals surface area contributed by atoms with Crippen molar-refractivity contribution < 1.29 is 4.79 Å². The molecule has 0 spiro atoms. The average Bonchev–Trinajstić information content (AvgIpc) is 2.27. The molecule has 14 heavy (non-hydrogen) atoms. The van der Waals surface area contributed by atoms with E-state index in [0.29, 0.717) is 0 Å². The zero-order valence-electron chi connectivity index (χ0n) is 9.62.